The van der Waals surface area contributed by atoms with E-state index in [4.69, 9.17) is 4.74 Å². The van der Waals surface area contributed by atoms with Crippen molar-refractivity contribution in [3.05, 3.63) is 23.8 Å². The largest absolute Gasteiger partial charge is 0.465 e. The highest BCUT2D eigenvalue weighted by molar-refractivity contribution is 5.77. The molecule has 0 heterocycles. The third-order valence-electron chi connectivity index (χ3n) is 4.90. The van der Waals surface area contributed by atoms with E-state index in [2.05, 4.69) is 25.2 Å². The van der Waals surface area contributed by atoms with Gasteiger partial charge >= 0.3 is 5.97 Å². The van der Waals surface area contributed by atoms with Gasteiger partial charge in [0.25, 0.3) is 0 Å². The maximum Gasteiger partial charge on any atom is 0.313 e. The second kappa shape index (κ2) is 9.86. The van der Waals surface area contributed by atoms with Crippen molar-refractivity contribution in [2.75, 3.05) is 6.61 Å². The standard InChI is InChI=1S/C20H32O2/c1-2-3-4-5-6-7-8-9-10-11-14-22-20(21)19-16-17-12-13-18(19)15-17/h12-13,16,18-19H,2-11,14-15H2,1H3. The van der Waals surface area contributed by atoms with Crippen LogP contribution in [0.2, 0.25) is 0 Å². The van der Waals surface area contributed by atoms with Gasteiger partial charge in [-0.3, -0.25) is 4.79 Å². The highest BCUT2D eigenvalue weighted by atomic mass is 16.5. The number of esters is 1. The molecule has 2 aliphatic rings. The zero-order chi connectivity index (χ0) is 15.6. The zero-order valence-electron chi connectivity index (χ0n) is 14.2. The summed E-state index contributed by atoms with van der Waals surface area (Å²) in [5, 5.41) is 0. The molecule has 0 aromatic heterocycles. The normalized spacial score (nSPS) is 22.1. The quantitative estimate of drug-likeness (QED) is 0.347. The number of fused-ring (bicyclic) bond motifs is 2. The van der Waals surface area contributed by atoms with Crippen molar-refractivity contribution in [1.82, 2.24) is 0 Å². The molecule has 0 amide bonds. The molecule has 0 aromatic rings. The fourth-order valence-corrected chi connectivity index (χ4v) is 3.48. The molecule has 0 aromatic carbocycles. The maximum atomic E-state index is 12.0. The molecule has 0 aliphatic heterocycles. The molecule has 0 N–H and O–H groups in total. The first kappa shape index (κ1) is 17.3. The van der Waals surface area contributed by atoms with Crippen molar-refractivity contribution in [3.63, 3.8) is 0 Å². The van der Waals surface area contributed by atoms with Gasteiger partial charge in [0, 0.05) is 0 Å². The topological polar surface area (TPSA) is 26.3 Å². The third-order valence-corrected chi connectivity index (χ3v) is 4.90. The van der Waals surface area contributed by atoms with E-state index >= 15 is 0 Å². The summed E-state index contributed by atoms with van der Waals surface area (Å²) in [5.41, 5.74) is 1.31. The van der Waals surface area contributed by atoms with Gasteiger partial charge in [0.15, 0.2) is 0 Å². The molecule has 0 saturated heterocycles. The first-order chi connectivity index (χ1) is 10.8. The number of unbranched alkanes of at least 4 members (excludes halogenated alkanes) is 9. The maximum absolute atomic E-state index is 12.0. The van der Waals surface area contributed by atoms with Crippen LogP contribution in [0, 0.1) is 11.8 Å². The Morgan fingerprint density at radius 3 is 2.23 bits per heavy atom. The number of rotatable bonds is 12. The Labute approximate surface area is 136 Å². The molecule has 2 aliphatic carbocycles. The molecule has 0 radical (unpaired) electrons. The van der Waals surface area contributed by atoms with Gasteiger partial charge in [-0.05, 0) is 18.8 Å². The van der Waals surface area contributed by atoms with Crippen LogP contribution in [-0.2, 0) is 9.53 Å². The Kier molecular flexibility index (Phi) is 7.76. The van der Waals surface area contributed by atoms with Gasteiger partial charge in [0.2, 0.25) is 0 Å². The van der Waals surface area contributed by atoms with Gasteiger partial charge in [0.05, 0.1) is 12.5 Å². The summed E-state index contributed by atoms with van der Waals surface area (Å²) in [6.45, 7) is 2.86. The Bertz CT molecular complexity index is 395. The summed E-state index contributed by atoms with van der Waals surface area (Å²) in [6.07, 6.45) is 20.5. The van der Waals surface area contributed by atoms with Crippen molar-refractivity contribution >= 4 is 5.97 Å². The zero-order valence-corrected chi connectivity index (χ0v) is 14.2. The molecule has 2 unspecified atom stereocenters. The minimum atomic E-state index is -0.0136. The van der Waals surface area contributed by atoms with Gasteiger partial charge in [-0.2, -0.15) is 0 Å². The van der Waals surface area contributed by atoms with Crippen LogP contribution in [0.25, 0.3) is 0 Å². The molecular weight excluding hydrogens is 272 g/mol. The average molecular weight is 304 g/mol. The molecule has 2 bridgehead atoms. The van der Waals surface area contributed by atoms with Gasteiger partial charge in [0.1, 0.15) is 0 Å². The second-order valence-electron chi connectivity index (χ2n) is 6.84. The predicted octanol–water partition coefficient (Wildman–Crippen LogP) is 5.58. The predicted molar refractivity (Wildman–Crippen MR) is 91.6 cm³/mol. The Morgan fingerprint density at radius 1 is 1.05 bits per heavy atom. The molecule has 0 spiro atoms. The van der Waals surface area contributed by atoms with E-state index in [9.17, 15) is 4.79 Å². The third kappa shape index (κ3) is 5.62. The SMILES string of the molecule is CCCCCCCCCCCCOC(=O)C1C=C2C=CC1C2. The summed E-state index contributed by atoms with van der Waals surface area (Å²) < 4.78 is 5.43. The van der Waals surface area contributed by atoms with Crippen molar-refractivity contribution < 1.29 is 9.53 Å². The number of carbonyl (C=O) groups is 1. The average Bonchev–Trinajstić information content (AvgIpc) is 3.15. The molecular formula is C20H32O2. The summed E-state index contributed by atoms with van der Waals surface area (Å²) in [5.74, 6) is 0.374. The number of hydrogen-bond donors (Lipinski definition) is 0. The highest BCUT2D eigenvalue weighted by Crippen LogP contribution is 2.38. The van der Waals surface area contributed by atoms with E-state index in [0.717, 1.165) is 12.8 Å². The van der Waals surface area contributed by atoms with E-state index in [0.29, 0.717) is 12.5 Å². The Morgan fingerprint density at radius 2 is 1.68 bits per heavy atom. The lowest BCUT2D eigenvalue weighted by Gasteiger charge is -2.14. The Hall–Kier alpha value is -1.05. The van der Waals surface area contributed by atoms with E-state index < -0.39 is 0 Å². The van der Waals surface area contributed by atoms with Crippen LogP contribution >= 0.6 is 0 Å². The number of allylic oxidation sites excluding steroid dienone is 3. The van der Waals surface area contributed by atoms with Gasteiger partial charge in [-0.15, -0.1) is 0 Å². The summed E-state index contributed by atoms with van der Waals surface area (Å²) in [7, 11) is 0. The van der Waals surface area contributed by atoms with Gasteiger partial charge in [-0.25, -0.2) is 0 Å². The summed E-state index contributed by atoms with van der Waals surface area (Å²) in [6, 6.07) is 0. The van der Waals surface area contributed by atoms with Crippen LogP contribution in [0.15, 0.2) is 23.8 Å². The second-order valence-corrected chi connectivity index (χ2v) is 6.84. The molecule has 2 heteroatoms. The first-order valence-electron chi connectivity index (χ1n) is 9.37. The fourth-order valence-electron chi connectivity index (χ4n) is 3.48. The van der Waals surface area contributed by atoms with Crippen molar-refractivity contribution in [1.29, 1.82) is 0 Å². The van der Waals surface area contributed by atoms with Crippen LogP contribution in [0.1, 0.15) is 77.6 Å². The minimum Gasteiger partial charge on any atom is -0.465 e. The lowest BCUT2D eigenvalue weighted by molar-refractivity contribution is -0.147. The Balaban J connectivity index is 1.38. The molecule has 2 nitrogen and oxygen atoms in total. The summed E-state index contributed by atoms with van der Waals surface area (Å²) >= 11 is 0. The van der Waals surface area contributed by atoms with Crippen LogP contribution in [0.3, 0.4) is 0 Å². The van der Waals surface area contributed by atoms with Crippen LogP contribution < -0.4 is 0 Å². The van der Waals surface area contributed by atoms with Crippen molar-refractivity contribution in [3.8, 4) is 0 Å². The first-order valence-corrected chi connectivity index (χ1v) is 9.37. The molecule has 2 rings (SSSR count). The van der Waals surface area contributed by atoms with Crippen molar-refractivity contribution in [2.45, 2.75) is 77.6 Å². The lowest BCUT2D eigenvalue weighted by atomic mass is 9.96. The van der Waals surface area contributed by atoms with Crippen LogP contribution in [0.5, 0.6) is 0 Å². The molecule has 124 valence electrons. The van der Waals surface area contributed by atoms with E-state index in [1.54, 1.807) is 0 Å². The van der Waals surface area contributed by atoms with E-state index in [1.807, 2.05) is 0 Å². The molecule has 2 atom stereocenters. The van der Waals surface area contributed by atoms with Crippen LogP contribution in [-0.4, -0.2) is 12.6 Å². The van der Waals surface area contributed by atoms with E-state index in [-0.39, 0.29) is 11.9 Å². The van der Waals surface area contributed by atoms with Gasteiger partial charge < -0.3 is 4.74 Å². The number of hydrogen-bond acceptors (Lipinski definition) is 2. The summed E-state index contributed by atoms with van der Waals surface area (Å²) in [4.78, 5) is 12.0. The number of carbonyl (C=O) groups excluding carboxylic acids is 1. The van der Waals surface area contributed by atoms with Crippen molar-refractivity contribution in [2.24, 2.45) is 11.8 Å². The lowest BCUT2D eigenvalue weighted by Crippen LogP contribution is -2.20. The van der Waals surface area contributed by atoms with Gasteiger partial charge in [-0.1, -0.05) is 88.5 Å². The fraction of sp³-hybridized carbons (Fsp3) is 0.750. The smallest absolute Gasteiger partial charge is 0.313 e. The van der Waals surface area contributed by atoms with Crippen LogP contribution in [0.4, 0.5) is 0 Å². The molecule has 22 heavy (non-hydrogen) atoms. The molecule has 0 fully saturated rings. The monoisotopic (exact) mass is 304 g/mol. The van der Waals surface area contributed by atoms with E-state index in [1.165, 1.54) is 63.4 Å². The minimum absolute atomic E-state index is 0.00289. The molecule has 0 saturated carbocycles. The number of ether oxygens (including phenoxy) is 1. The highest BCUT2D eigenvalue weighted by Gasteiger charge is 2.34.